The van der Waals surface area contributed by atoms with E-state index in [1.54, 1.807) is 37.4 Å². The van der Waals surface area contributed by atoms with Crippen LogP contribution in [0.1, 0.15) is 27.4 Å². The van der Waals surface area contributed by atoms with Crippen LogP contribution in [0, 0.1) is 6.92 Å². The lowest BCUT2D eigenvalue weighted by molar-refractivity contribution is 0.0991. The summed E-state index contributed by atoms with van der Waals surface area (Å²) < 4.78 is 35.5. The predicted octanol–water partition coefficient (Wildman–Crippen LogP) is 5.44. The Kier molecular flexibility index (Phi) is 8.12. The lowest BCUT2D eigenvalue weighted by Crippen LogP contribution is -2.27. The standard InChI is InChI=1S/C29H27N4O8P/c1-19-23(30-28(41-19)25-10-7-14-39-25)18-40-24-12-11-20(16-26(24)38-3)29(34)32(2)27-21(13-15-42(35,36)37)17-33(31-27)22-8-5-4-6-9-22/h4-17H,18H2,1-3H3,(H2,35,36,37)/b15-13+. The minimum absolute atomic E-state index is 0.0891. The van der Waals surface area contributed by atoms with Crippen LogP contribution in [0.2, 0.25) is 0 Å². The molecule has 0 bridgehead atoms. The average molecular weight is 591 g/mol. The molecular formula is C29H27N4O8P. The quantitative estimate of drug-likeness (QED) is 0.201. The SMILES string of the molecule is COc1cc(C(=O)N(C)c2nn(-c3ccccc3)cc2/C=C/P(=O)(O)O)ccc1OCc1nc(-c2ccco2)oc1C. The van der Waals surface area contributed by atoms with Gasteiger partial charge in [0, 0.05) is 30.2 Å². The van der Waals surface area contributed by atoms with Crippen molar-refractivity contribution in [2.75, 3.05) is 19.1 Å². The fraction of sp³-hybridized carbons (Fsp3) is 0.138. The van der Waals surface area contributed by atoms with E-state index in [2.05, 4.69) is 10.1 Å². The number of hydrogen-bond donors (Lipinski definition) is 2. The molecule has 42 heavy (non-hydrogen) atoms. The molecule has 13 heteroatoms. The number of aryl methyl sites for hydroxylation is 1. The van der Waals surface area contributed by atoms with Gasteiger partial charge >= 0.3 is 7.60 Å². The lowest BCUT2D eigenvalue weighted by Gasteiger charge is -2.17. The maximum atomic E-state index is 13.5. The van der Waals surface area contributed by atoms with Gasteiger partial charge in [0.1, 0.15) is 18.1 Å². The number of ether oxygens (including phenoxy) is 2. The van der Waals surface area contributed by atoms with Crippen LogP contribution in [0.25, 0.3) is 23.4 Å². The van der Waals surface area contributed by atoms with E-state index in [4.69, 9.17) is 18.3 Å². The van der Waals surface area contributed by atoms with Crippen LogP contribution in [0.4, 0.5) is 5.82 Å². The van der Waals surface area contributed by atoms with E-state index in [0.29, 0.717) is 45.9 Å². The van der Waals surface area contributed by atoms with E-state index in [1.807, 2.05) is 30.3 Å². The molecule has 5 rings (SSSR count). The van der Waals surface area contributed by atoms with Crippen molar-refractivity contribution < 1.29 is 37.5 Å². The Morgan fingerprint density at radius 3 is 2.60 bits per heavy atom. The summed E-state index contributed by atoms with van der Waals surface area (Å²) in [6, 6.07) is 17.4. The number of para-hydroxylation sites is 1. The van der Waals surface area contributed by atoms with E-state index < -0.39 is 13.5 Å². The number of benzene rings is 2. The predicted molar refractivity (Wildman–Crippen MR) is 154 cm³/mol. The Labute approximate surface area is 240 Å². The molecule has 0 spiro atoms. The summed E-state index contributed by atoms with van der Waals surface area (Å²) in [5.74, 6) is 2.66. The van der Waals surface area contributed by atoms with E-state index >= 15 is 0 Å². The van der Waals surface area contributed by atoms with Crippen LogP contribution in [0.5, 0.6) is 11.5 Å². The minimum atomic E-state index is -4.45. The molecule has 0 unspecified atom stereocenters. The van der Waals surface area contributed by atoms with Gasteiger partial charge in [0.25, 0.3) is 11.8 Å². The van der Waals surface area contributed by atoms with Crippen LogP contribution in [-0.2, 0) is 11.2 Å². The third-order valence-corrected chi connectivity index (χ3v) is 6.75. The van der Waals surface area contributed by atoms with Crippen molar-refractivity contribution >= 4 is 25.4 Å². The number of rotatable bonds is 10. The highest BCUT2D eigenvalue weighted by molar-refractivity contribution is 7.55. The van der Waals surface area contributed by atoms with Crippen LogP contribution in [-0.4, -0.2) is 44.6 Å². The number of furan rings is 1. The maximum Gasteiger partial charge on any atom is 0.349 e. The Hall–Kier alpha value is -4.90. The van der Waals surface area contributed by atoms with Crippen molar-refractivity contribution in [1.29, 1.82) is 0 Å². The fourth-order valence-electron chi connectivity index (χ4n) is 4.07. The molecule has 0 aliphatic heterocycles. The second-order valence-electron chi connectivity index (χ2n) is 9.11. The smallest absolute Gasteiger partial charge is 0.349 e. The van der Waals surface area contributed by atoms with E-state index in [0.717, 1.165) is 5.82 Å². The van der Waals surface area contributed by atoms with Gasteiger partial charge in [-0.1, -0.05) is 18.2 Å². The highest BCUT2D eigenvalue weighted by Gasteiger charge is 2.22. The summed E-state index contributed by atoms with van der Waals surface area (Å²) in [4.78, 5) is 38.0. The Balaban J connectivity index is 1.38. The first-order chi connectivity index (χ1) is 20.1. The molecule has 2 aromatic carbocycles. The molecule has 0 fully saturated rings. The fourth-order valence-corrected chi connectivity index (χ4v) is 4.43. The molecule has 3 heterocycles. The Morgan fingerprint density at radius 2 is 1.90 bits per heavy atom. The molecule has 1 amide bonds. The van der Waals surface area contributed by atoms with Gasteiger partial charge in [-0.25, -0.2) is 9.67 Å². The van der Waals surface area contributed by atoms with Crippen LogP contribution in [0.3, 0.4) is 0 Å². The summed E-state index contributed by atoms with van der Waals surface area (Å²) in [5.41, 5.74) is 1.89. The number of hydrogen-bond acceptors (Lipinski definition) is 8. The van der Waals surface area contributed by atoms with Crippen molar-refractivity contribution in [3.8, 4) is 28.8 Å². The van der Waals surface area contributed by atoms with Crippen molar-refractivity contribution in [2.24, 2.45) is 0 Å². The summed E-state index contributed by atoms with van der Waals surface area (Å²) in [6.45, 7) is 1.86. The van der Waals surface area contributed by atoms with Crippen molar-refractivity contribution in [2.45, 2.75) is 13.5 Å². The summed E-state index contributed by atoms with van der Waals surface area (Å²) >= 11 is 0. The molecule has 0 aliphatic rings. The third kappa shape index (κ3) is 6.36. The van der Waals surface area contributed by atoms with Gasteiger partial charge in [-0.2, -0.15) is 0 Å². The lowest BCUT2D eigenvalue weighted by atomic mass is 10.1. The monoisotopic (exact) mass is 590 g/mol. The number of aromatic nitrogens is 3. The number of methoxy groups -OCH3 is 1. The van der Waals surface area contributed by atoms with Crippen molar-refractivity contribution in [3.63, 3.8) is 0 Å². The van der Waals surface area contributed by atoms with Gasteiger partial charge in [-0.3, -0.25) is 14.3 Å². The first-order valence-electron chi connectivity index (χ1n) is 12.6. The molecule has 3 aromatic heterocycles. The summed E-state index contributed by atoms with van der Waals surface area (Å²) in [5, 5.41) is 4.52. The van der Waals surface area contributed by atoms with E-state index in [1.165, 1.54) is 42.1 Å². The number of oxazole rings is 1. The summed E-state index contributed by atoms with van der Waals surface area (Å²) in [7, 11) is -1.47. The second kappa shape index (κ2) is 11.9. The molecule has 0 aliphatic carbocycles. The molecule has 12 nitrogen and oxygen atoms in total. The average Bonchev–Trinajstić information content (AvgIpc) is 3.74. The van der Waals surface area contributed by atoms with Crippen molar-refractivity contribution in [1.82, 2.24) is 14.8 Å². The zero-order valence-corrected chi connectivity index (χ0v) is 23.8. The first-order valence-corrected chi connectivity index (χ1v) is 14.3. The molecule has 216 valence electrons. The topological polar surface area (TPSA) is 153 Å². The van der Waals surface area contributed by atoms with Crippen LogP contribution in [0.15, 0.2) is 87.8 Å². The second-order valence-corrected chi connectivity index (χ2v) is 10.6. The number of anilines is 1. The number of amides is 1. The molecule has 5 aromatic rings. The van der Waals surface area contributed by atoms with Gasteiger partial charge in [-0.05, 0) is 55.5 Å². The molecule has 0 saturated heterocycles. The zero-order chi connectivity index (χ0) is 29.9. The van der Waals surface area contributed by atoms with Gasteiger partial charge in [0.2, 0.25) is 0 Å². The highest BCUT2D eigenvalue weighted by atomic mass is 31.2. The van der Waals surface area contributed by atoms with Gasteiger partial charge in [0.15, 0.2) is 23.1 Å². The number of carbonyl (C=O) groups is 1. The molecule has 0 atom stereocenters. The highest BCUT2D eigenvalue weighted by Crippen LogP contribution is 2.38. The molecule has 0 saturated carbocycles. The number of carbonyl (C=O) groups excluding carboxylic acids is 1. The normalized spacial score (nSPS) is 11.6. The third-order valence-electron chi connectivity index (χ3n) is 6.21. The van der Waals surface area contributed by atoms with E-state index in [-0.39, 0.29) is 18.0 Å². The van der Waals surface area contributed by atoms with Gasteiger partial charge < -0.3 is 28.1 Å². The molecule has 2 N–H and O–H groups in total. The first kappa shape index (κ1) is 28.6. The molecular weight excluding hydrogens is 563 g/mol. The van der Waals surface area contributed by atoms with Crippen molar-refractivity contribution in [3.05, 3.63) is 102 Å². The largest absolute Gasteiger partial charge is 0.493 e. The maximum absolute atomic E-state index is 13.5. The van der Waals surface area contributed by atoms with Gasteiger partial charge in [0.05, 0.1) is 19.1 Å². The Morgan fingerprint density at radius 1 is 1.12 bits per heavy atom. The Bertz CT molecular complexity index is 1770. The van der Waals surface area contributed by atoms with E-state index in [9.17, 15) is 19.1 Å². The summed E-state index contributed by atoms with van der Waals surface area (Å²) in [6.07, 6.45) is 4.36. The van der Waals surface area contributed by atoms with Gasteiger partial charge in [-0.15, -0.1) is 5.10 Å². The number of nitrogens with zero attached hydrogens (tertiary/aromatic N) is 4. The zero-order valence-electron chi connectivity index (χ0n) is 22.9. The minimum Gasteiger partial charge on any atom is -0.493 e. The molecule has 0 radical (unpaired) electrons. The van der Waals surface area contributed by atoms with Crippen LogP contribution < -0.4 is 14.4 Å². The van der Waals surface area contributed by atoms with Crippen LogP contribution >= 0.6 is 7.60 Å².